The zero-order valence-electron chi connectivity index (χ0n) is 8.71. The second kappa shape index (κ2) is 6.15. The summed E-state index contributed by atoms with van der Waals surface area (Å²) in [5, 5.41) is 15.5. The van der Waals surface area contributed by atoms with Crippen LogP contribution < -0.4 is 10.5 Å². The lowest BCUT2D eigenvalue weighted by Gasteiger charge is -2.07. The van der Waals surface area contributed by atoms with Crippen molar-refractivity contribution in [3.8, 4) is 11.8 Å². The van der Waals surface area contributed by atoms with Gasteiger partial charge in [-0.3, -0.25) is 5.41 Å². The van der Waals surface area contributed by atoms with Gasteiger partial charge < -0.3 is 13.5 Å². The van der Waals surface area contributed by atoms with Gasteiger partial charge in [0.2, 0.25) is 11.7 Å². The van der Waals surface area contributed by atoms with Gasteiger partial charge in [-0.25, -0.2) is 4.39 Å². The van der Waals surface area contributed by atoms with Gasteiger partial charge in [0, 0.05) is 0 Å². The minimum absolute atomic E-state index is 0.0891. The van der Waals surface area contributed by atoms with Crippen molar-refractivity contribution in [2.24, 2.45) is 5.73 Å². The third-order valence-electron chi connectivity index (χ3n) is 1.77. The van der Waals surface area contributed by atoms with Gasteiger partial charge in [0.1, 0.15) is 0 Å². The van der Waals surface area contributed by atoms with E-state index in [0.717, 1.165) is 12.1 Å². The fraction of sp³-hybridized carbons (Fsp3) is 0. The second-order valence-electron chi connectivity index (χ2n) is 2.94. The first-order chi connectivity index (χ1) is 8.49. The van der Waals surface area contributed by atoms with Crippen LogP contribution in [0.2, 0.25) is 0 Å². The van der Waals surface area contributed by atoms with Crippen molar-refractivity contribution in [3.63, 3.8) is 0 Å². The lowest BCUT2D eigenvalue weighted by atomic mass is 10.2. The summed E-state index contributed by atoms with van der Waals surface area (Å²) in [4.78, 5) is 0. The number of nitriles is 1. The van der Waals surface area contributed by atoms with Crippen LogP contribution in [0.25, 0.3) is 0 Å². The maximum Gasteiger partial charge on any atom is 0.259 e. The van der Waals surface area contributed by atoms with Crippen LogP contribution >= 0.6 is 23.0 Å². The molecular formula is C10H6F2IN3O2. The molecule has 0 atom stereocenters. The van der Waals surface area contributed by atoms with Gasteiger partial charge in [0.25, 0.3) is 5.90 Å². The molecule has 0 spiro atoms. The molecule has 0 unspecified atom stereocenters. The van der Waals surface area contributed by atoms with Crippen LogP contribution in [0, 0.1) is 22.6 Å². The third-order valence-corrected chi connectivity index (χ3v) is 2.21. The normalized spacial score (nSPS) is 11.2. The quantitative estimate of drug-likeness (QED) is 0.373. The van der Waals surface area contributed by atoms with E-state index in [1.165, 1.54) is 29.1 Å². The van der Waals surface area contributed by atoms with E-state index in [9.17, 15) is 8.78 Å². The maximum absolute atomic E-state index is 13.4. The van der Waals surface area contributed by atoms with E-state index < -0.39 is 23.4 Å². The van der Waals surface area contributed by atoms with Crippen molar-refractivity contribution < 1.29 is 16.6 Å². The highest BCUT2D eigenvalue weighted by Gasteiger charge is 2.14. The topological polar surface area (TPSA) is 92.1 Å². The van der Waals surface area contributed by atoms with Gasteiger partial charge in [-0.05, 0) is 18.2 Å². The van der Waals surface area contributed by atoms with Crippen molar-refractivity contribution in [3.05, 3.63) is 41.3 Å². The molecule has 0 aromatic heterocycles. The van der Waals surface area contributed by atoms with Gasteiger partial charge in [-0.1, -0.05) is 0 Å². The van der Waals surface area contributed by atoms with Crippen LogP contribution in [0.3, 0.4) is 0 Å². The molecule has 0 radical (unpaired) electrons. The summed E-state index contributed by atoms with van der Waals surface area (Å²) in [6.45, 7) is 0. The van der Waals surface area contributed by atoms with Crippen LogP contribution in [0.15, 0.2) is 29.9 Å². The van der Waals surface area contributed by atoms with E-state index in [0.29, 0.717) is 0 Å². The SMILES string of the molecule is N#Cc1ccc(O/C(N)=C(\F)C(=N)OI)c(F)c1. The number of ether oxygens (including phenoxy) is 1. The van der Waals surface area contributed by atoms with Crippen molar-refractivity contribution in [2.45, 2.75) is 0 Å². The van der Waals surface area contributed by atoms with Crippen LogP contribution in [0.4, 0.5) is 8.78 Å². The van der Waals surface area contributed by atoms with Crippen molar-refractivity contribution >= 4 is 28.9 Å². The number of nitrogens with two attached hydrogens (primary N) is 1. The summed E-state index contributed by atoms with van der Waals surface area (Å²) >= 11 is 1.29. The zero-order valence-corrected chi connectivity index (χ0v) is 10.9. The molecule has 0 bridgehead atoms. The molecule has 1 rings (SSSR count). The minimum atomic E-state index is -1.26. The highest BCUT2D eigenvalue weighted by Crippen LogP contribution is 2.20. The van der Waals surface area contributed by atoms with Crippen LogP contribution in [-0.4, -0.2) is 5.90 Å². The molecule has 0 amide bonds. The fourth-order valence-corrected chi connectivity index (χ4v) is 1.16. The monoisotopic (exact) mass is 365 g/mol. The first kappa shape index (κ1) is 14.2. The first-order valence-corrected chi connectivity index (χ1v) is 5.28. The minimum Gasteiger partial charge on any atom is -0.435 e. The number of benzene rings is 1. The average molecular weight is 365 g/mol. The second-order valence-corrected chi connectivity index (χ2v) is 3.38. The molecule has 8 heteroatoms. The molecule has 0 aliphatic carbocycles. The predicted octanol–water partition coefficient (Wildman–Crippen LogP) is 2.52. The Labute approximate surface area is 115 Å². The largest absolute Gasteiger partial charge is 0.435 e. The summed E-state index contributed by atoms with van der Waals surface area (Å²) in [5.41, 5.74) is 5.28. The Balaban J connectivity index is 2.99. The van der Waals surface area contributed by atoms with Gasteiger partial charge in [-0.2, -0.15) is 9.65 Å². The molecule has 18 heavy (non-hydrogen) atoms. The van der Waals surface area contributed by atoms with Crippen molar-refractivity contribution in [2.75, 3.05) is 0 Å². The third kappa shape index (κ3) is 3.30. The fourth-order valence-electron chi connectivity index (χ4n) is 0.962. The number of rotatable bonds is 3. The van der Waals surface area contributed by atoms with Gasteiger partial charge in [0.05, 0.1) is 11.6 Å². The predicted molar refractivity (Wildman–Crippen MR) is 66.9 cm³/mol. The summed E-state index contributed by atoms with van der Waals surface area (Å²) in [6, 6.07) is 5.06. The van der Waals surface area contributed by atoms with E-state index >= 15 is 0 Å². The van der Waals surface area contributed by atoms with Gasteiger partial charge in [0.15, 0.2) is 34.6 Å². The van der Waals surface area contributed by atoms with Crippen LogP contribution in [-0.2, 0) is 3.07 Å². The zero-order chi connectivity index (χ0) is 13.7. The molecule has 5 nitrogen and oxygen atoms in total. The summed E-state index contributed by atoms with van der Waals surface area (Å²) in [7, 11) is 0. The van der Waals surface area contributed by atoms with E-state index in [4.69, 9.17) is 21.1 Å². The van der Waals surface area contributed by atoms with Crippen LogP contribution in [0.1, 0.15) is 5.56 Å². The lowest BCUT2D eigenvalue weighted by molar-refractivity contribution is 0.371. The highest BCUT2D eigenvalue weighted by atomic mass is 127. The van der Waals surface area contributed by atoms with Gasteiger partial charge in [-0.15, -0.1) is 0 Å². The Morgan fingerprint density at radius 3 is 2.67 bits per heavy atom. The van der Waals surface area contributed by atoms with Gasteiger partial charge >= 0.3 is 0 Å². The molecule has 0 heterocycles. The van der Waals surface area contributed by atoms with E-state index in [1.54, 1.807) is 6.07 Å². The smallest absolute Gasteiger partial charge is 0.259 e. The maximum atomic E-state index is 13.4. The lowest BCUT2D eigenvalue weighted by Crippen LogP contribution is -2.13. The Morgan fingerprint density at radius 2 is 2.17 bits per heavy atom. The molecule has 0 aliphatic heterocycles. The summed E-state index contributed by atoms with van der Waals surface area (Å²) in [5.74, 6) is -4.13. The van der Waals surface area contributed by atoms with E-state index in [-0.39, 0.29) is 11.3 Å². The summed E-state index contributed by atoms with van der Waals surface area (Å²) < 4.78 is 35.6. The Morgan fingerprint density at radius 1 is 1.50 bits per heavy atom. The standard InChI is InChI=1S/C10H6F2IN3O2/c11-6-3-5(4-14)1-2-7(6)17-9(15)8(12)10(16)18-13/h1-3,16H,15H2/b9-8-,16-10?. The summed E-state index contributed by atoms with van der Waals surface area (Å²) in [6.07, 6.45) is 0. The number of nitrogens with one attached hydrogen (secondary N) is 1. The molecule has 94 valence electrons. The number of hydrogen-bond acceptors (Lipinski definition) is 5. The highest BCUT2D eigenvalue weighted by molar-refractivity contribution is 14.1. The van der Waals surface area contributed by atoms with Crippen LogP contribution in [0.5, 0.6) is 5.75 Å². The molecule has 1 aromatic rings. The first-order valence-electron chi connectivity index (χ1n) is 4.39. The van der Waals surface area contributed by atoms with E-state index in [2.05, 4.69) is 3.07 Å². The molecule has 0 aliphatic rings. The van der Waals surface area contributed by atoms with Crippen molar-refractivity contribution in [1.29, 1.82) is 10.7 Å². The molecule has 0 fully saturated rings. The molecule has 0 saturated carbocycles. The van der Waals surface area contributed by atoms with Crippen molar-refractivity contribution in [1.82, 2.24) is 0 Å². The Kier molecular flexibility index (Phi) is 4.85. The number of hydrogen-bond donors (Lipinski definition) is 2. The molecular weight excluding hydrogens is 359 g/mol. The Bertz CT molecular complexity index is 555. The number of halogens is 3. The number of nitrogens with zero attached hydrogens (tertiary/aromatic N) is 1. The average Bonchev–Trinajstić information content (AvgIpc) is 2.38. The molecule has 0 saturated heterocycles. The Hall–Kier alpha value is -1.89. The molecule has 1 aromatic carbocycles. The molecule has 3 N–H and O–H groups in total. The van der Waals surface area contributed by atoms with E-state index in [1.807, 2.05) is 0 Å².